The van der Waals surface area contributed by atoms with E-state index in [4.69, 9.17) is 27.9 Å². The Balaban J connectivity index is 1.53. The first-order valence-electron chi connectivity index (χ1n) is 8.79. The molecular weight excluding hydrogens is 391 g/mol. The van der Waals surface area contributed by atoms with Crippen molar-refractivity contribution >= 4 is 35.1 Å². The Bertz CT molecular complexity index is 702. The van der Waals surface area contributed by atoms with Crippen molar-refractivity contribution < 1.29 is 14.3 Å². The molecule has 0 aromatic heterocycles. The van der Waals surface area contributed by atoms with Gasteiger partial charge in [0.1, 0.15) is 6.67 Å². The SMILES string of the molecule is O=C(NCCN1CCOCC1)N1C=CC(=O)N(Cc2c(Cl)cccc2Cl)C1. The number of nitrogens with zero attached hydrogens (tertiary/aromatic N) is 3. The lowest BCUT2D eigenvalue weighted by molar-refractivity contribution is -0.128. The standard InChI is InChI=1S/C18H22Cl2N4O3/c19-15-2-1-3-16(20)14(15)12-24-13-23(6-4-17(24)25)18(26)21-5-7-22-8-10-27-11-9-22/h1-4,6H,5,7-13H2,(H,21,26). The molecule has 0 spiro atoms. The lowest BCUT2D eigenvalue weighted by Gasteiger charge is -2.32. The van der Waals surface area contributed by atoms with Crippen molar-refractivity contribution in [2.24, 2.45) is 0 Å². The second-order valence-corrected chi connectivity index (χ2v) is 7.16. The first-order valence-corrected chi connectivity index (χ1v) is 9.55. The van der Waals surface area contributed by atoms with Crippen LogP contribution in [0.5, 0.6) is 0 Å². The first kappa shape index (κ1) is 19.9. The lowest BCUT2D eigenvalue weighted by atomic mass is 10.2. The normalized spacial score (nSPS) is 18.1. The molecule has 2 heterocycles. The number of morpholine rings is 1. The minimum absolute atomic E-state index is 0.139. The van der Waals surface area contributed by atoms with Gasteiger partial charge in [0.05, 0.1) is 19.8 Å². The summed E-state index contributed by atoms with van der Waals surface area (Å²) in [6.07, 6.45) is 2.87. The van der Waals surface area contributed by atoms with Gasteiger partial charge in [-0.3, -0.25) is 14.6 Å². The highest BCUT2D eigenvalue weighted by atomic mass is 35.5. The monoisotopic (exact) mass is 412 g/mol. The highest BCUT2D eigenvalue weighted by Crippen LogP contribution is 2.26. The van der Waals surface area contributed by atoms with Gasteiger partial charge in [-0.2, -0.15) is 0 Å². The second kappa shape index (κ2) is 9.41. The molecule has 1 fully saturated rings. The topological polar surface area (TPSA) is 65.1 Å². The van der Waals surface area contributed by atoms with Crippen LogP contribution in [0.3, 0.4) is 0 Å². The van der Waals surface area contributed by atoms with Gasteiger partial charge in [-0.1, -0.05) is 29.3 Å². The van der Waals surface area contributed by atoms with Crippen LogP contribution in [0.15, 0.2) is 30.5 Å². The summed E-state index contributed by atoms with van der Waals surface area (Å²) in [7, 11) is 0. The van der Waals surface area contributed by atoms with Gasteiger partial charge in [-0.15, -0.1) is 0 Å². The summed E-state index contributed by atoms with van der Waals surface area (Å²) in [5.41, 5.74) is 0.664. The summed E-state index contributed by atoms with van der Waals surface area (Å²) in [6, 6.07) is 4.95. The van der Waals surface area contributed by atoms with E-state index in [1.54, 1.807) is 18.2 Å². The van der Waals surface area contributed by atoms with Crippen molar-refractivity contribution in [3.05, 3.63) is 46.1 Å². The molecule has 0 radical (unpaired) electrons. The van der Waals surface area contributed by atoms with Gasteiger partial charge in [-0.25, -0.2) is 4.79 Å². The Kier molecular flexibility index (Phi) is 6.95. The lowest BCUT2D eigenvalue weighted by Crippen LogP contribution is -2.49. The third-order valence-electron chi connectivity index (χ3n) is 4.51. The number of urea groups is 1. The Morgan fingerprint density at radius 2 is 1.89 bits per heavy atom. The fraction of sp³-hybridized carbons (Fsp3) is 0.444. The molecule has 0 atom stereocenters. The molecular formula is C18H22Cl2N4O3. The molecule has 0 saturated carbocycles. The zero-order valence-electron chi connectivity index (χ0n) is 14.9. The Hall–Kier alpha value is -1.80. The van der Waals surface area contributed by atoms with E-state index in [-0.39, 0.29) is 25.2 Å². The first-order chi connectivity index (χ1) is 13.0. The molecule has 7 nitrogen and oxygen atoms in total. The zero-order valence-corrected chi connectivity index (χ0v) is 16.4. The van der Waals surface area contributed by atoms with Crippen LogP contribution in [0.25, 0.3) is 0 Å². The molecule has 1 saturated heterocycles. The van der Waals surface area contributed by atoms with Crippen LogP contribution in [-0.2, 0) is 16.1 Å². The van der Waals surface area contributed by atoms with Gasteiger partial charge in [0.15, 0.2) is 0 Å². The second-order valence-electron chi connectivity index (χ2n) is 6.35. The fourth-order valence-corrected chi connectivity index (χ4v) is 3.46. The minimum Gasteiger partial charge on any atom is -0.379 e. The number of carbonyl (C=O) groups is 2. The molecule has 2 aliphatic heterocycles. The van der Waals surface area contributed by atoms with Gasteiger partial charge in [-0.05, 0) is 12.1 Å². The summed E-state index contributed by atoms with van der Waals surface area (Å²) >= 11 is 12.4. The maximum atomic E-state index is 12.4. The highest BCUT2D eigenvalue weighted by Gasteiger charge is 2.24. The summed E-state index contributed by atoms with van der Waals surface area (Å²) < 4.78 is 5.31. The van der Waals surface area contributed by atoms with Crippen molar-refractivity contribution in [3.8, 4) is 0 Å². The minimum atomic E-state index is -0.248. The summed E-state index contributed by atoms with van der Waals surface area (Å²) in [4.78, 5) is 29.8. The van der Waals surface area contributed by atoms with E-state index in [1.165, 1.54) is 22.1 Å². The molecule has 27 heavy (non-hydrogen) atoms. The number of amides is 3. The predicted octanol–water partition coefficient (Wildman–Crippen LogP) is 2.15. The number of carbonyl (C=O) groups excluding carboxylic acids is 2. The average Bonchev–Trinajstić information content (AvgIpc) is 2.67. The van der Waals surface area contributed by atoms with Gasteiger partial charge in [0.25, 0.3) is 0 Å². The van der Waals surface area contributed by atoms with Gasteiger partial charge >= 0.3 is 6.03 Å². The van der Waals surface area contributed by atoms with Crippen molar-refractivity contribution in [1.29, 1.82) is 0 Å². The summed E-state index contributed by atoms with van der Waals surface area (Å²) in [5, 5.41) is 3.87. The molecule has 9 heteroatoms. The molecule has 1 N–H and O–H groups in total. The van der Waals surface area contributed by atoms with E-state index in [0.717, 1.165) is 32.8 Å². The molecule has 2 aliphatic rings. The number of ether oxygens (including phenoxy) is 1. The molecule has 3 rings (SSSR count). The van der Waals surface area contributed by atoms with Gasteiger partial charge < -0.3 is 15.0 Å². The van der Waals surface area contributed by atoms with Gasteiger partial charge in [0, 0.05) is 54.1 Å². The van der Waals surface area contributed by atoms with Gasteiger partial charge in [0.2, 0.25) is 5.91 Å². The van der Waals surface area contributed by atoms with Crippen molar-refractivity contribution in [3.63, 3.8) is 0 Å². The number of benzene rings is 1. The van der Waals surface area contributed by atoms with Crippen LogP contribution >= 0.6 is 23.2 Å². The van der Waals surface area contributed by atoms with Crippen LogP contribution < -0.4 is 5.32 Å². The Labute approximate surface area is 168 Å². The van der Waals surface area contributed by atoms with Crippen molar-refractivity contribution in [2.45, 2.75) is 6.54 Å². The van der Waals surface area contributed by atoms with Crippen LogP contribution in [0.2, 0.25) is 10.0 Å². The largest absolute Gasteiger partial charge is 0.379 e. The highest BCUT2D eigenvalue weighted by molar-refractivity contribution is 6.36. The molecule has 3 amide bonds. The third-order valence-corrected chi connectivity index (χ3v) is 5.22. The fourth-order valence-electron chi connectivity index (χ4n) is 2.94. The van der Waals surface area contributed by atoms with Crippen LogP contribution in [0.1, 0.15) is 5.56 Å². The van der Waals surface area contributed by atoms with E-state index in [2.05, 4.69) is 10.2 Å². The third kappa shape index (κ3) is 5.35. The molecule has 146 valence electrons. The number of rotatable bonds is 5. The number of nitrogens with one attached hydrogen (secondary N) is 1. The van der Waals surface area contributed by atoms with E-state index in [1.807, 2.05) is 0 Å². The molecule has 0 bridgehead atoms. The van der Waals surface area contributed by atoms with Crippen LogP contribution in [0, 0.1) is 0 Å². The quantitative estimate of drug-likeness (QED) is 0.804. The van der Waals surface area contributed by atoms with Crippen LogP contribution in [0.4, 0.5) is 4.79 Å². The summed E-state index contributed by atoms with van der Waals surface area (Å²) in [5.74, 6) is -0.191. The maximum Gasteiger partial charge on any atom is 0.322 e. The van der Waals surface area contributed by atoms with Crippen molar-refractivity contribution in [1.82, 2.24) is 20.0 Å². The number of hydrogen-bond acceptors (Lipinski definition) is 4. The Morgan fingerprint density at radius 1 is 1.19 bits per heavy atom. The number of halogens is 2. The number of hydrogen-bond donors (Lipinski definition) is 1. The van der Waals surface area contributed by atoms with E-state index in [9.17, 15) is 9.59 Å². The predicted molar refractivity (Wildman–Crippen MR) is 104 cm³/mol. The average molecular weight is 413 g/mol. The van der Waals surface area contributed by atoms with Crippen molar-refractivity contribution in [2.75, 3.05) is 46.1 Å². The summed E-state index contributed by atoms with van der Waals surface area (Å²) in [6.45, 7) is 4.88. The molecule has 1 aromatic carbocycles. The smallest absolute Gasteiger partial charge is 0.322 e. The maximum absolute atomic E-state index is 12.4. The Morgan fingerprint density at radius 3 is 2.59 bits per heavy atom. The van der Waals surface area contributed by atoms with E-state index < -0.39 is 0 Å². The van der Waals surface area contributed by atoms with Crippen LogP contribution in [-0.4, -0.2) is 72.7 Å². The van der Waals surface area contributed by atoms with E-state index >= 15 is 0 Å². The zero-order chi connectivity index (χ0) is 19.2. The molecule has 1 aromatic rings. The molecule has 0 aliphatic carbocycles. The molecule has 0 unspecified atom stereocenters. The van der Waals surface area contributed by atoms with E-state index in [0.29, 0.717) is 22.2 Å².